The second-order valence-electron chi connectivity index (χ2n) is 3.95. The van der Waals surface area contributed by atoms with E-state index in [2.05, 4.69) is 15.9 Å². The fourth-order valence-corrected chi connectivity index (χ4v) is 2.12. The molecule has 2 aromatic carbocycles. The van der Waals surface area contributed by atoms with Gasteiger partial charge in [-0.15, -0.1) is 0 Å². The summed E-state index contributed by atoms with van der Waals surface area (Å²) in [5, 5.41) is 0. The Hall–Kier alpha value is -1.88. The van der Waals surface area contributed by atoms with E-state index in [1.807, 2.05) is 0 Å². The first-order chi connectivity index (χ1) is 9.01. The van der Waals surface area contributed by atoms with Gasteiger partial charge in [0.25, 0.3) is 0 Å². The van der Waals surface area contributed by atoms with Gasteiger partial charge < -0.3 is 10.5 Å². The molecule has 2 rings (SSSR count). The minimum Gasteiger partial charge on any atom is -0.496 e. The summed E-state index contributed by atoms with van der Waals surface area (Å²) >= 11 is 3.29. The van der Waals surface area contributed by atoms with E-state index in [4.69, 9.17) is 10.5 Å². The lowest BCUT2D eigenvalue weighted by Crippen LogP contribution is -2.05. The van der Waals surface area contributed by atoms with Gasteiger partial charge >= 0.3 is 0 Å². The number of hydrogen-bond acceptors (Lipinski definition) is 3. The van der Waals surface area contributed by atoms with Crippen molar-refractivity contribution in [3.05, 3.63) is 57.8 Å². The number of nitrogens with two attached hydrogens (primary N) is 1. The van der Waals surface area contributed by atoms with Crippen LogP contribution in [0.25, 0.3) is 0 Å². The number of benzene rings is 2. The van der Waals surface area contributed by atoms with E-state index in [9.17, 15) is 9.18 Å². The molecule has 0 spiro atoms. The molecule has 0 saturated heterocycles. The van der Waals surface area contributed by atoms with Gasteiger partial charge in [0.1, 0.15) is 11.6 Å². The van der Waals surface area contributed by atoms with E-state index in [0.717, 1.165) is 16.6 Å². The third kappa shape index (κ3) is 2.93. The molecule has 0 heterocycles. The molecule has 3 nitrogen and oxygen atoms in total. The molecule has 2 N–H and O–H groups in total. The normalized spacial score (nSPS) is 10.3. The Bertz CT molecular complexity index is 623. The maximum atomic E-state index is 13.3. The predicted molar refractivity (Wildman–Crippen MR) is 74.9 cm³/mol. The summed E-state index contributed by atoms with van der Waals surface area (Å²) in [5.41, 5.74) is 6.29. The zero-order valence-electron chi connectivity index (χ0n) is 10.1. The average molecular weight is 324 g/mol. The van der Waals surface area contributed by atoms with Gasteiger partial charge in [-0.05, 0) is 36.4 Å². The third-order valence-corrected chi connectivity index (χ3v) is 3.08. The molecule has 0 saturated carbocycles. The molecule has 0 bridgehead atoms. The van der Waals surface area contributed by atoms with Crippen molar-refractivity contribution in [1.82, 2.24) is 0 Å². The number of halogens is 2. The molecular weight excluding hydrogens is 313 g/mol. The summed E-state index contributed by atoms with van der Waals surface area (Å²) in [5.74, 6) is -0.460. The van der Waals surface area contributed by atoms with Crippen LogP contribution in [0, 0.1) is 5.82 Å². The Morgan fingerprint density at radius 1 is 1.26 bits per heavy atom. The first-order valence-corrected chi connectivity index (χ1v) is 6.25. The van der Waals surface area contributed by atoms with Gasteiger partial charge in [0.05, 0.1) is 12.7 Å². The second-order valence-corrected chi connectivity index (χ2v) is 4.86. The first kappa shape index (κ1) is 13.5. The molecule has 5 heteroatoms. The zero-order chi connectivity index (χ0) is 14.0. The van der Waals surface area contributed by atoms with Crippen LogP contribution in [-0.4, -0.2) is 12.9 Å². The monoisotopic (exact) mass is 323 g/mol. The molecule has 0 aromatic heterocycles. The van der Waals surface area contributed by atoms with E-state index >= 15 is 0 Å². The minimum absolute atomic E-state index is 0.189. The number of anilines is 1. The van der Waals surface area contributed by atoms with Crippen LogP contribution < -0.4 is 10.5 Å². The number of carbonyl (C=O) groups excluding carboxylic acids is 1. The smallest absolute Gasteiger partial charge is 0.196 e. The van der Waals surface area contributed by atoms with E-state index < -0.39 is 5.82 Å². The minimum atomic E-state index is -0.544. The summed E-state index contributed by atoms with van der Waals surface area (Å²) < 4.78 is 19.2. The molecule has 0 fully saturated rings. The highest BCUT2D eigenvalue weighted by Gasteiger charge is 2.16. The Labute approximate surface area is 118 Å². The van der Waals surface area contributed by atoms with Crippen LogP contribution in [0.15, 0.2) is 40.9 Å². The molecular formula is C14H11BrFNO2. The lowest BCUT2D eigenvalue weighted by Gasteiger charge is -2.09. The second kappa shape index (κ2) is 5.40. The van der Waals surface area contributed by atoms with Crippen molar-refractivity contribution >= 4 is 27.4 Å². The lowest BCUT2D eigenvalue weighted by molar-refractivity contribution is 0.103. The Morgan fingerprint density at radius 3 is 2.63 bits per heavy atom. The zero-order valence-corrected chi connectivity index (χ0v) is 11.7. The number of ketones is 1. The van der Waals surface area contributed by atoms with Gasteiger partial charge in [-0.1, -0.05) is 15.9 Å². The molecule has 19 heavy (non-hydrogen) atoms. The van der Waals surface area contributed by atoms with Crippen LogP contribution in [0.3, 0.4) is 0 Å². The van der Waals surface area contributed by atoms with Crippen molar-refractivity contribution in [2.24, 2.45) is 0 Å². The molecule has 0 radical (unpaired) electrons. The molecule has 98 valence electrons. The topological polar surface area (TPSA) is 52.3 Å². The maximum absolute atomic E-state index is 13.3. The number of hydrogen-bond donors (Lipinski definition) is 1. The summed E-state index contributed by atoms with van der Waals surface area (Å²) in [7, 11) is 1.47. The molecule has 0 amide bonds. The van der Waals surface area contributed by atoms with Crippen molar-refractivity contribution in [1.29, 1.82) is 0 Å². The fraction of sp³-hybridized carbons (Fsp3) is 0.0714. The van der Waals surface area contributed by atoms with E-state index in [1.165, 1.54) is 13.2 Å². The van der Waals surface area contributed by atoms with Crippen molar-refractivity contribution in [3.63, 3.8) is 0 Å². The number of rotatable bonds is 3. The van der Waals surface area contributed by atoms with Gasteiger partial charge in [-0.2, -0.15) is 0 Å². The highest BCUT2D eigenvalue weighted by atomic mass is 79.9. The highest BCUT2D eigenvalue weighted by Crippen LogP contribution is 2.26. The molecule has 0 aliphatic rings. The lowest BCUT2D eigenvalue weighted by atomic mass is 10.0. The van der Waals surface area contributed by atoms with E-state index in [1.54, 1.807) is 18.2 Å². The Morgan fingerprint density at radius 2 is 2.00 bits per heavy atom. The van der Waals surface area contributed by atoms with Crippen LogP contribution >= 0.6 is 15.9 Å². The predicted octanol–water partition coefficient (Wildman–Crippen LogP) is 3.41. The number of ether oxygens (including phenoxy) is 1. The SMILES string of the molecule is COc1ccc(Br)cc1C(=O)c1cc(N)cc(F)c1. The van der Waals surface area contributed by atoms with Crippen molar-refractivity contribution < 1.29 is 13.9 Å². The number of nitrogen functional groups attached to an aromatic ring is 1. The number of carbonyl (C=O) groups is 1. The van der Waals surface area contributed by atoms with Gasteiger partial charge in [-0.25, -0.2) is 4.39 Å². The maximum Gasteiger partial charge on any atom is 0.196 e. The highest BCUT2D eigenvalue weighted by molar-refractivity contribution is 9.10. The molecule has 0 aliphatic carbocycles. The van der Waals surface area contributed by atoms with Crippen molar-refractivity contribution in [2.75, 3.05) is 12.8 Å². The van der Waals surface area contributed by atoms with E-state index in [0.29, 0.717) is 11.3 Å². The third-order valence-electron chi connectivity index (χ3n) is 2.59. The first-order valence-electron chi connectivity index (χ1n) is 5.45. The molecule has 0 atom stereocenters. The van der Waals surface area contributed by atoms with Crippen LogP contribution in [-0.2, 0) is 0 Å². The summed E-state index contributed by atoms with van der Waals surface area (Å²) in [4.78, 5) is 12.4. The Balaban J connectivity index is 2.52. The largest absolute Gasteiger partial charge is 0.496 e. The summed E-state index contributed by atoms with van der Waals surface area (Å²) in [6, 6.07) is 8.80. The van der Waals surface area contributed by atoms with E-state index in [-0.39, 0.29) is 17.0 Å². The standard InChI is InChI=1S/C14H11BrFNO2/c1-19-13-3-2-9(15)6-12(13)14(18)8-4-10(16)7-11(17)5-8/h2-7H,17H2,1H3. The van der Waals surface area contributed by atoms with Crippen molar-refractivity contribution in [3.8, 4) is 5.75 Å². The van der Waals surface area contributed by atoms with Crippen LogP contribution in [0.1, 0.15) is 15.9 Å². The summed E-state index contributed by atoms with van der Waals surface area (Å²) in [6.45, 7) is 0. The van der Waals surface area contributed by atoms with Crippen LogP contribution in [0.4, 0.5) is 10.1 Å². The fourth-order valence-electron chi connectivity index (χ4n) is 1.76. The van der Waals surface area contributed by atoms with Crippen LogP contribution in [0.5, 0.6) is 5.75 Å². The number of methoxy groups -OCH3 is 1. The average Bonchev–Trinajstić information content (AvgIpc) is 2.36. The molecule has 0 aliphatic heterocycles. The summed E-state index contributed by atoms with van der Waals surface area (Å²) in [6.07, 6.45) is 0. The quantitative estimate of drug-likeness (QED) is 0.695. The van der Waals surface area contributed by atoms with Gasteiger partial charge in [0.15, 0.2) is 5.78 Å². The Kier molecular flexibility index (Phi) is 3.85. The van der Waals surface area contributed by atoms with Crippen LogP contribution in [0.2, 0.25) is 0 Å². The van der Waals surface area contributed by atoms with Gasteiger partial charge in [-0.3, -0.25) is 4.79 Å². The van der Waals surface area contributed by atoms with Gasteiger partial charge in [0, 0.05) is 15.7 Å². The van der Waals surface area contributed by atoms with Gasteiger partial charge in [0.2, 0.25) is 0 Å². The van der Waals surface area contributed by atoms with Crippen molar-refractivity contribution in [2.45, 2.75) is 0 Å². The molecule has 2 aromatic rings. The molecule has 0 unspecified atom stereocenters.